The fourth-order valence-electron chi connectivity index (χ4n) is 2.43. The predicted octanol–water partition coefficient (Wildman–Crippen LogP) is 4.18. The van der Waals surface area contributed by atoms with Gasteiger partial charge in [-0.25, -0.2) is 4.39 Å². The average Bonchev–Trinajstić information content (AvgIpc) is 3.06. The number of thiophene rings is 1. The first-order chi connectivity index (χ1) is 13.8. The Labute approximate surface area is 174 Å². The number of hydrazine groups is 1. The molecule has 0 saturated carbocycles. The molecule has 0 saturated heterocycles. The van der Waals surface area contributed by atoms with E-state index in [1.165, 1.54) is 30.3 Å². The van der Waals surface area contributed by atoms with Crippen molar-refractivity contribution in [3.05, 3.63) is 87.0 Å². The number of hydrogen-bond donors (Lipinski definition) is 3. The number of carbonyl (C=O) groups is 3. The highest BCUT2D eigenvalue weighted by atomic mass is 35.5. The van der Waals surface area contributed by atoms with Crippen molar-refractivity contribution >= 4 is 45.7 Å². The van der Waals surface area contributed by atoms with Crippen molar-refractivity contribution in [3.63, 3.8) is 0 Å². The van der Waals surface area contributed by atoms with Crippen molar-refractivity contribution in [2.45, 2.75) is 6.92 Å². The first kappa shape index (κ1) is 20.5. The fraction of sp³-hybridized carbons (Fsp3) is 0.0500. The lowest BCUT2D eigenvalue weighted by Gasteiger charge is -2.07. The zero-order valence-corrected chi connectivity index (χ0v) is 16.7. The highest BCUT2D eigenvalue weighted by molar-refractivity contribution is 7.18. The SMILES string of the molecule is Cc1cc(NC(=O)c2cccc(F)c2)sc1C(=O)NNC(=O)c1ccc(Cl)cc1. The van der Waals surface area contributed by atoms with E-state index in [9.17, 15) is 18.8 Å². The van der Waals surface area contributed by atoms with E-state index in [1.807, 2.05) is 0 Å². The van der Waals surface area contributed by atoms with Crippen LogP contribution in [0, 0.1) is 12.7 Å². The molecule has 148 valence electrons. The second kappa shape index (κ2) is 8.85. The van der Waals surface area contributed by atoms with Gasteiger partial charge in [0.1, 0.15) is 5.82 Å². The van der Waals surface area contributed by atoms with Gasteiger partial charge in [-0.2, -0.15) is 0 Å². The number of benzene rings is 2. The van der Waals surface area contributed by atoms with Crippen LogP contribution in [0.2, 0.25) is 5.02 Å². The van der Waals surface area contributed by atoms with Crippen LogP contribution < -0.4 is 16.2 Å². The molecule has 0 fully saturated rings. The quantitative estimate of drug-likeness (QED) is 0.541. The molecule has 29 heavy (non-hydrogen) atoms. The van der Waals surface area contributed by atoms with Crippen LogP contribution in [0.4, 0.5) is 9.39 Å². The summed E-state index contributed by atoms with van der Waals surface area (Å²) in [6.07, 6.45) is 0. The molecule has 0 bridgehead atoms. The van der Waals surface area contributed by atoms with E-state index in [2.05, 4.69) is 16.2 Å². The van der Waals surface area contributed by atoms with Crippen LogP contribution in [-0.4, -0.2) is 17.7 Å². The molecule has 3 rings (SSSR count). The highest BCUT2D eigenvalue weighted by Gasteiger charge is 2.17. The summed E-state index contributed by atoms with van der Waals surface area (Å²) in [4.78, 5) is 37.0. The smallest absolute Gasteiger partial charge is 0.280 e. The zero-order valence-electron chi connectivity index (χ0n) is 15.1. The van der Waals surface area contributed by atoms with Crippen molar-refractivity contribution in [1.82, 2.24) is 10.9 Å². The second-order valence-corrected chi connectivity index (χ2v) is 7.49. The summed E-state index contributed by atoms with van der Waals surface area (Å²) in [5.41, 5.74) is 5.77. The Morgan fingerprint density at radius 3 is 2.28 bits per heavy atom. The van der Waals surface area contributed by atoms with Gasteiger partial charge in [0, 0.05) is 16.1 Å². The molecule has 0 aliphatic heterocycles. The van der Waals surface area contributed by atoms with Crippen molar-refractivity contribution in [2.24, 2.45) is 0 Å². The maximum absolute atomic E-state index is 13.3. The monoisotopic (exact) mass is 431 g/mol. The summed E-state index contributed by atoms with van der Waals surface area (Å²) in [5.74, 6) is -2.03. The number of aryl methyl sites for hydroxylation is 1. The molecule has 0 radical (unpaired) electrons. The Hall–Kier alpha value is -3.23. The molecule has 2 aromatic carbocycles. The molecular weight excluding hydrogens is 417 g/mol. The number of rotatable bonds is 4. The van der Waals surface area contributed by atoms with Crippen LogP contribution in [0.25, 0.3) is 0 Å². The highest BCUT2D eigenvalue weighted by Crippen LogP contribution is 2.27. The minimum atomic E-state index is -0.527. The van der Waals surface area contributed by atoms with Gasteiger partial charge in [0.25, 0.3) is 17.7 Å². The molecule has 3 N–H and O–H groups in total. The molecule has 0 aliphatic rings. The Morgan fingerprint density at radius 1 is 0.897 bits per heavy atom. The van der Waals surface area contributed by atoms with Crippen molar-refractivity contribution in [2.75, 3.05) is 5.32 Å². The van der Waals surface area contributed by atoms with Gasteiger partial charge < -0.3 is 5.32 Å². The van der Waals surface area contributed by atoms with Gasteiger partial charge in [0.15, 0.2) is 0 Å². The molecule has 6 nitrogen and oxygen atoms in total. The standard InChI is InChI=1S/C20H15ClFN3O3S/c1-11-9-16(23-18(26)13-3-2-4-15(22)10-13)29-17(11)20(28)25-24-19(27)12-5-7-14(21)8-6-12/h2-10H,1H3,(H,23,26)(H,24,27)(H,25,28). The van der Waals surface area contributed by atoms with E-state index in [4.69, 9.17) is 11.6 Å². The summed E-state index contributed by atoms with van der Waals surface area (Å²) in [7, 11) is 0. The third-order valence-electron chi connectivity index (χ3n) is 3.84. The Kier molecular flexibility index (Phi) is 6.26. The summed E-state index contributed by atoms with van der Waals surface area (Å²) in [6, 6.07) is 13.1. The minimum absolute atomic E-state index is 0.164. The van der Waals surface area contributed by atoms with E-state index in [0.29, 0.717) is 26.0 Å². The number of halogens is 2. The fourth-order valence-corrected chi connectivity index (χ4v) is 3.52. The van der Waals surface area contributed by atoms with Crippen LogP contribution >= 0.6 is 22.9 Å². The molecule has 9 heteroatoms. The van der Waals surface area contributed by atoms with E-state index in [1.54, 1.807) is 25.1 Å². The van der Waals surface area contributed by atoms with Crippen LogP contribution in [-0.2, 0) is 0 Å². The lowest BCUT2D eigenvalue weighted by atomic mass is 10.2. The predicted molar refractivity (Wildman–Crippen MR) is 110 cm³/mol. The molecule has 3 amide bonds. The number of amides is 3. The van der Waals surface area contributed by atoms with Crippen LogP contribution in [0.3, 0.4) is 0 Å². The molecule has 0 atom stereocenters. The van der Waals surface area contributed by atoms with E-state index < -0.39 is 23.5 Å². The van der Waals surface area contributed by atoms with Crippen molar-refractivity contribution < 1.29 is 18.8 Å². The first-order valence-electron chi connectivity index (χ1n) is 8.37. The van der Waals surface area contributed by atoms with Crippen LogP contribution in [0.15, 0.2) is 54.6 Å². The van der Waals surface area contributed by atoms with Gasteiger partial charge in [-0.1, -0.05) is 17.7 Å². The minimum Gasteiger partial charge on any atom is -0.314 e. The number of carbonyl (C=O) groups excluding carboxylic acids is 3. The largest absolute Gasteiger partial charge is 0.314 e. The van der Waals surface area contributed by atoms with Gasteiger partial charge in [-0.3, -0.25) is 25.2 Å². The van der Waals surface area contributed by atoms with Gasteiger partial charge in [-0.15, -0.1) is 11.3 Å². The summed E-state index contributed by atoms with van der Waals surface area (Å²) in [6.45, 7) is 1.70. The third-order valence-corrected chi connectivity index (χ3v) is 5.25. The first-order valence-corrected chi connectivity index (χ1v) is 9.56. The van der Waals surface area contributed by atoms with Gasteiger partial charge in [0.05, 0.1) is 9.88 Å². The van der Waals surface area contributed by atoms with Crippen LogP contribution in [0.1, 0.15) is 36.0 Å². The topological polar surface area (TPSA) is 87.3 Å². The zero-order chi connectivity index (χ0) is 21.0. The maximum atomic E-state index is 13.3. The molecule has 0 spiro atoms. The molecule has 3 aromatic rings. The number of nitrogens with one attached hydrogen (secondary N) is 3. The molecular formula is C20H15ClFN3O3S. The Balaban J connectivity index is 1.63. The Bertz CT molecular complexity index is 1080. The molecule has 1 heterocycles. The van der Waals surface area contributed by atoms with Crippen LogP contribution in [0.5, 0.6) is 0 Å². The molecule has 0 aliphatic carbocycles. The molecule has 0 unspecified atom stereocenters. The van der Waals surface area contributed by atoms with E-state index in [-0.39, 0.29) is 5.56 Å². The van der Waals surface area contributed by atoms with Crippen molar-refractivity contribution in [3.8, 4) is 0 Å². The summed E-state index contributed by atoms with van der Waals surface area (Å²) < 4.78 is 13.3. The second-order valence-electron chi connectivity index (χ2n) is 6.00. The lowest BCUT2D eigenvalue weighted by Crippen LogP contribution is -2.41. The van der Waals surface area contributed by atoms with Crippen molar-refractivity contribution in [1.29, 1.82) is 0 Å². The third kappa shape index (κ3) is 5.18. The summed E-state index contributed by atoms with van der Waals surface area (Å²) >= 11 is 6.82. The normalized spacial score (nSPS) is 10.3. The van der Waals surface area contributed by atoms with Gasteiger partial charge in [-0.05, 0) is 61.0 Å². The van der Waals surface area contributed by atoms with Gasteiger partial charge >= 0.3 is 0 Å². The number of hydrogen-bond acceptors (Lipinski definition) is 4. The molecule has 1 aromatic heterocycles. The van der Waals surface area contributed by atoms with Gasteiger partial charge in [0.2, 0.25) is 0 Å². The van der Waals surface area contributed by atoms with E-state index in [0.717, 1.165) is 17.4 Å². The Morgan fingerprint density at radius 2 is 1.59 bits per heavy atom. The van der Waals surface area contributed by atoms with E-state index >= 15 is 0 Å². The maximum Gasteiger partial charge on any atom is 0.280 e. The number of anilines is 1. The summed E-state index contributed by atoms with van der Waals surface area (Å²) in [5, 5.41) is 3.55. The lowest BCUT2D eigenvalue weighted by molar-refractivity contribution is 0.0848. The average molecular weight is 432 g/mol.